The summed E-state index contributed by atoms with van der Waals surface area (Å²) >= 11 is 7.37. The minimum Gasteiger partial charge on any atom is -0.466 e. The van der Waals surface area contributed by atoms with E-state index in [1.807, 2.05) is 32.0 Å². The second-order valence-electron chi connectivity index (χ2n) is 5.80. The van der Waals surface area contributed by atoms with E-state index in [9.17, 15) is 0 Å². The molecule has 0 saturated carbocycles. The zero-order valence-corrected chi connectivity index (χ0v) is 16.1. The molecule has 138 valence electrons. The maximum Gasteiger partial charge on any atom is 0.251 e. The standard InChI is InChI=1S/C17H15ClN6O2S/c1-9-6-13(10(2)25-9)16-22-20-14(26-16)8-27-17-23-21-15(24(17)19)11-4-3-5-12(18)7-11/h3-7H,8,19H2,1-2H3. The first-order valence-electron chi connectivity index (χ1n) is 8.00. The summed E-state index contributed by atoms with van der Waals surface area (Å²) in [7, 11) is 0. The van der Waals surface area contributed by atoms with E-state index in [2.05, 4.69) is 20.4 Å². The van der Waals surface area contributed by atoms with Gasteiger partial charge >= 0.3 is 0 Å². The fraction of sp³-hybridized carbons (Fsp3) is 0.176. The van der Waals surface area contributed by atoms with Gasteiger partial charge in [0.2, 0.25) is 11.0 Å². The number of furan rings is 1. The van der Waals surface area contributed by atoms with Crippen molar-refractivity contribution in [2.75, 3.05) is 5.84 Å². The first-order valence-corrected chi connectivity index (χ1v) is 9.36. The number of nitrogens with zero attached hydrogens (tertiary/aromatic N) is 5. The highest BCUT2D eigenvalue weighted by molar-refractivity contribution is 7.98. The van der Waals surface area contributed by atoms with Gasteiger partial charge in [-0.15, -0.1) is 20.4 Å². The third kappa shape index (κ3) is 3.56. The molecule has 0 unspecified atom stereocenters. The molecule has 0 bridgehead atoms. The zero-order chi connectivity index (χ0) is 19.0. The minimum atomic E-state index is 0.410. The second-order valence-corrected chi connectivity index (χ2v) is 7.18. The molecule has 2 N–H and O–H groups in total. The Morgan fingerprint density at radius 1 is 1.11 bits per heavy atom. The molecule has 10 heteroatoms. The fourth-order valence-corrected chi connectivity index (χ4v) is 3.47. The van der Waals surface area contributed by atoms with Crippen molar-refractivity contribution in [3.05, 3.63) is 52.8 Å². The molecule has 3 heterocycles. The zero-order valence-electron chi connectivity index (χ0n) is 14.5. The van der Waals surface area contributed by atoms with Crippen LogP contribution in [0.5, 0.6) is 0 Å². The molecular weight excluding hydrogens is 388 g/mol. The third-order valence-electron chi connectivity index (χ3n) is 3.81. The number of aromatic nitrogens is 5. The smallest absolute Gasteiger partial charge is 0.251 e. The van der Waals surface area contributed by atoms with Gasteiger partial charge in [0.25, 0.3) is 5.89 Å². The minimum absolute atomic E-state index is 0.410. The molecule has 0 fully saturated rings. The number of thioether (sulfide) groups is 1. The summed E-state index contributed by atoms with van der Waals surface area (Å²) in [6, 6.07) is 9.14. The van der Waals surface area contributed by atoms with Crippen molar-refractivity contribution in [3.63, 3.8) is 0 Å². The SMILES string of the molecule is Cc1cc(-c2nnc(CSc3nnc(-c4cccc(Cl)c4)n3N)o2)c(C)o1. The molecule has 0 atom stereocenters. The largest absolute Gasteiger partial charge is 0.466 e. The monoisotopic (exact) mass is 402 g/mol. The Kier molecular flexibility index (Phi) is 4.63. The Bertz CT molecular complexity index is 1100. The lowest BCUT2D eigenvalue weighted by molar-refractivity contribution is 0.499. The van der Waals surface area contributed by atoms with E-state index in [0.717, 1.165) is 22.6 Å². The van der Waals surface area contributed by atoms with Crippen molar-refractivity contribution in [1.82, 2.24) is 25.1 Å². The van der Waals surface area contributed by atoms with E-state index in [1.54, 1.807) is 12.1 Å². The lowest BCUT2D eigenvalue weighted by Gasteiger charge is -2.03. The summed E-state index contributed by atoms with van der Waals surface area (Å²) in [4.78, 5) is 0. The van der Waals surface area contributed by atoms with Crippen LogP contribution in [0.25, 0.3) is 22.8 Å². The highest BCUT2D eigenvalue weighted by Gasteiger charge is 2.17. The molecule has 4 rings (SSSR count). The van der Waals surface area contributed by atoms with E-state index in [1.165, 1.54) is 16.4 Å². The van der Waals surface area contributed by atoms with Crippen LogP contribution in [0, 0.1) is 13.8 Å². The number of hydrogen-bond acceptors (Lipinski definition) is 8. The molecule has 0 aliphatic heterocycles. The van der Waals surface area contributed by atoms with E-state index >= 15 is 0 Å². The maximum atomic E-state index is 6.12. The molecule has 0 radical (unpaired) electrons. The summed E-state index contributed by atoms with van der Waals surface area (Å²) < 4.78 is 12.6. The van der Waals surface area contributed by atoms with E-state index < -0.39 is 0 Å². The molecule has 0 aliphatic carbocycles. The van der Waals surface area contributed by atoms with Gasteiger partial charge in [-0.2, -0.15) is 0 Å². The van der Waals surface area contributed by atoms with Gasteiger partial charge < -0.3 is 14.7 Å². The van der Waals surface area contributed by atoms with Gasteiger partial charge in [0.1, 0.15) is 11.5 Å². The summed E-state index contributed by atoms with van der Waals surface area (Å²) in [6.45, 7) is 3.73. The number of benzene rings is 1. The number of halogens is 1. The molecule has 8 nitrogen and oxygen atoms in total. The van der Waals surface area contributed by atoms with Crippen molar-refractivity contribution >= 4 is 23.4 Å². The van der Waals surface area contributed by atoms with Crippen molar-refractivity contribution in [3.8, 4) is 22.8 Å². The average Bonchev–Trinajstić information content (AvgIpc) is 3.32. The quantitative estimate of drug-likeness (QED) is 0.396. The number of aryl methyl sites for hydroxylation is 2. The number of nitrogen functional groups attached to an aromatic ring is 1. The lowest BCUT2D eigenvalue weighted by atomic mass is 10.2. The van der Waals surface area contributed by atoms with Crippen LogP contribution in [0.4, 0.5) is 0 Å². The second kappa shape index (κ2) is 7.09. The van der Waals surface area contributed by atoms with Gasteiger partial charge in [-0.1, -0.05) is 35.5 Å². The van der Waals surface area contributed by atoms with E-state index in [0.29, 0.717) is 33.5 Å². The first kappa shape index (κ1) is 17.6. The molecule has 4 aromatic rings. The van der Waals surface area contributed by atoms with Gasteiger partial charge in [0, 0.05) is 10.6 Å². The van der Waals surface area contributed by atoms with Gasteiger partial charge in [-0.3, -0.25) is 0 Å². The van der Waals surface area contributed by atoms with Gasteiger partial charge in [0.05, 0.1) is 11.3 Å². The normalized spacial score (nSPS) is 11.2. The van der Waals surface area contributed by atoms with Crippen molar-refractivity contribution in [2.45, 2.75) is 24.8 Å². The summed E-state index contributed by atoms with van der Waals surface area (Å²) in [5.74, 6) is 9.47. The Morgan fingerprint density at radius 3 is 2.70 bits per heavy atom. The highest BCUT2D eigenvalue weighted by Crippen LogP contribution is 2.28. The van der Waals surface area contributed by atoms with Crippen LogP contribution in [-0.2, 0) is 5.75 Å². The Labute approximate surface area is 163 Å². The molecule has 0 saturated heterocycles. The van der Waals surface area contributed by atoms with Crippen molar-refractivity contribution in [1.29, 1.82) is 0 Å². The summed E-state index contributed by atoms with van der Waals surface area (Å²) in [6.07, 6.45) is 0. The number of hydrogen-bond donors (Lipinski definition) is 1. The maximum absolute atomic E-state index is 6.12. The highest BCUT2D eigenvalue weighted by atomic mass is 35.5. The van der Waals surface area contributed by atoms with Gasteiger partial charge in [0.15, 0.2) is 5.82 Å². The fourth-order valence-electron chi connectivity index (χ4n) is 2.59. The predicted octanol–water partition coefficient (Wildman–Crippen LogP) is 3.86. The summed E-state index contributed by atoms with van der Waals surface area (Å²) in [5.41, 5.74) is 1.58. The molecule has 0 spiro atoms. The van der Waals surface area contributed by atoms with Crippen LogP contribution in [0.3, 0.4) is 0 Å². The summed E-state index contributed by atoms with van der Waals surface area (Å²) in [5, 5.41) is 17.5. The Morgan fingerprint density at radius 2 is 1.96 bits per heavy atom. The first-order chi connectivity index (χ1) is 13.0. The lowest BCUT2D eigenvalue weighted by Crippen LogP contribution is -2.11. The number of nitrogens with two attached hydrogens (primary N) is 1. The van der Waals surface area contributed by atoms with Gasteiger partial charge in [-0.25, -0.2) is 4.68 Å². The van der Waals surface area contributed by atoms with Crippen LogP contribution in [0.1, 0.15) is 17.4 Å². The number of rotatable bonds is 5. The van der Waals surface area contributed by atoms with E-state index in [-0.39, 0.29) is 0 Å². The van der Waals surface area contributed by atoms with Gasteiger partial charge in [-0.05, 0) is 32.0 Å². The molecule has 0 amide bonds. The molecule has 0 aliphatic rings. The topological polar surface area (TPSA) is 109 Å². The molecule has 27 heavy (non-hydrogen) atoms. The molecular formula is C17H15ClN6O2S. The Hall–Kier alpha value is -2.78. The predicted molar refractivity (Wildman–Crippen MR) is 102 cm³/mol. The van der Waals surface area contributed by atoms with Crippen LogP contribution in [-0.4, -0.2) is 25.1 Å². The average molecular weight is 403 g/mol. The molecule has 1 aromatic carbocycles. The van der Waals surface area contributed by atoms with Crippen LogP contribution in [0.2, 0.25) is 5.02 Å². The molecule has 3 aromatic heterocycles. The van der Waals surface area contributed by atoms with Crippen LogP contribution in [0.15, 0.2) is 44.3 Å². The van der Waals surface area contributed by atoms with Crippen molar-refractivity contribution < 1.29 is 8.83 Å². The van der Waals surface area contributed by atoms with Crippen LogP contribution < -0.4 is 5.84 Å². The van der Waals surface area contributed by atoms with Crippen LogP contribution >= 0.6 is 23.4 Å². The van der Waals surface area contributed by atoms with Crippen molar-refractivity contribution in [2.24, 2.45) is 0 Å². The third-order valence-corrected chi connectivity index (χ3v) is 4.97. The Balaban J connectivity index is 1.49. The van der Waals surface area contributed by atoms with E-state index in [4.69, 9.17) is 26.3 Å².